The number of hydrogen-bond donors (Lipinski definition) is 2. The summed E-state index contributed by atoms with van der Waals surface area (Å²) in [6, 6.07) is -0.119. The van der Waals surface area contributed by atoms with Crippen LogP contribution in [0, 0.1) is 16.7 Å². The molecular formula is C16H28N2O3. The van der Waals surface area contributed by atoms with Gasteiger partial charge in [-0.05, 0) is 37.5 Å². The quantitative estimate of drug-likeness (QED) is 0.838. The van der Waals surface area contributed by atoms with Crippen molar-refractivity contribution in [2.24, 2.45) is 16.7 Å². The highest BCUT2D eigenvalue weighted by atomic mass is 16.4. The monoisotopic (exact) mass is 296 g/mol. The van der Waals surface area contributed by atoms with Gasteiger partial charge >= 0.3 is 12.0 Å². The van der Waals surface area contributed by atoms with Gasteiger partial charge in [0.25, 0.3) is 0 Å². The average Bonchev–Trinajstić information content (AvgIpc) is 3.06. The van der Waals surface area contributed by atoms with E-state index in [1.54, 1.807) is 11.8 Å². The predicted octanol–water partition coefficient (Wildman–Crippen LogP) is 2.71. The zero-order valence-corrected chi connectivity index (χ0v) is 13.4. The molecule has 2 aliphatic rings. The van der Waals surface area contributed by atoms with E-state index in [1.807, 2.05) is 0 Å². The lowest BCUT2D eigenvalue weighted by Gasteiger charge is -2.32. The van der Waals surface area contributed by atoms with Gasteiger partial charge in [0, 0.05) is 19.6 Å². The lowest BCUT2D eigenvalue weighted by molar-refractivity contribution is -0.147. The highest BCUT2D eigenvalue weighted by molar-refractivity contribution is 5.79. The third kappa shape index (κ3) is 3.50. The Kier molecular flexibility index (Phi) is 4.49. The topological polar surface area (TPSA) is 69.6 Å². The minimum atomic E-state index is -0.816. The smallest absolute Gasteiger partial charge is 0.317 e. The molecule has 1 atom stereocenters. The SMILES string of the molecule is CC1(C(=O)O)CCN(C(=O)NCC(C)(C)C2CCCC2)C1. The number of rotatable bonds is 4. The van der Waals surface area contributed by atoms with Crippen LogP contribution in [-0.4, -0.2) is 41.6 Å². The van der Waals surface area contributed by atoms with E-state index >= 15 is 0 Å². The number of nitrogens with one attached hydrogen (secondary N) is 1. The number of carboxylic acids is 1. The largest absolute Gasteiger partial charge is 0.481 e. The van der Waals surface area contributed by atoms with Crippen LogP contribution in [0.2, 0.25) is 0 Å². The van der Waals surface area contributed by atoms with Gasteiger partial charge in [0.05, 0.1) is 5.41 Å². The second-order valence-electron chi connectivity index (χ2n) is 7.67. The van der Waals surface area contributed by atoms with Gasteiger partial charge in [-0.3, -0.25) is 4.79 Å². The molecule has 0 aromatic rings. The zero-order valence-electron chi connectivity index (χ0n) is 13.4. The van der Waals surface area contributed by atoms with Gasteiger partial charge in [-0.1, -0.05) is 26.7 Å². The maximum absolute atomic E-state index is 12.2. The molecule has 1 aliphatic carbocycles. The van der Waals surface area contributed by atoms with Gasteiger partial charge in [-0.2, -0.15) is 0 Å². The summed E-state index contributed by atoms with van der Waals surface area (Å²) in [6.07, 6.45) is 5.63. The number of carbonyl (C=O) groups excluding carboxylic acids is 1. The number of likely N-dealkylation sites (tertiary alicyclic amines) is 1. The molecule has 1 aliphatic heterocycles. The molecule has 5 heteroatoms. The second kappa shape index (κ2) is 5.85. The van der Waals surface area contributed by atoms with Gasteiger partial charge in [0.1, 0.15) is 0 Å². The van der Waals surface area contributed by atoms with Crippen molar-refractivity contribution in [3.8, 4) is 0 Å². The minimum Gasteiger partial charge on any atom is -0.481 e. The molecule has 2 fully saturated rings. The van der Waals surface area contributed by atoms with Crippen LogP contribution in [0.4, 0.5) is 4.79 Å². The van der Waals surface area contributed by atoms with Crippen LogP contribution in [0.15, 0.2) is 0 Å². The van der Waals surface area contributed by atoms with Crippen molar-refractivity contribution < 1.29 is 14.7 Å². The molecule has 0 bridgehead atoms. The first-order valence-corrected chi connectivity index (χ1v) is 8.01. The maximum atomic E-state index is 12.2. The van der Waals surface area contributed by atoms with Crippen molar-refractivity contribution in [2.75, 3.05) is 19.6 Å². The summed E-state index contributed by atoms with van der Waals surface area (Å²) in [6.45, 7) is 7.64. The lowest BCUT2D eigenvalue weighted by atomic mass is 9.78. The van der Waals surface area contributed by atoms with E-state index in [2.05, 4.69) is 19.2 Å². The zero-order chi connectivity index (χ0) is 15.7. The summed E-state index contributed by atoms with van der Waals surface area (Å²) in [5, 5.41) is 12.2. The molecule has 2 amide bonds. The summed E-state index contributed by atoms with van der Waals surface area (Å²) in [4.78, 5) is 25.1. The van der Waals surface area contributed by atoms with Gasteiger partial charge in [0.2, 0.25) is 0 Å². The summed E-state index contributed by atoms with van der Waals surface area (Å²) in [5.41, 5.74) is -0.680. The molecule has 2 rings (SSSR count). The number of amides is 2. The van der Waals surface area contributed by atoms with E-state index in [4.69, 9.17) is 0 Å². The fourth-order valence-corrected chi connectivity index (χ4v) is 3.58. The average molecular weight is 296 g/mol. The molecule has 120 valence electrons. The highest BCUT2D eigenvalue weighted by Gasteiger charge is 2.42. The summed E-state index contributed by atoms with van der Waals surface area (Å²) < 4.78 is 0. The van der Waals surface area contributed by atoms with E-state index in [0.29, 0.717) is 32.0 Å². The molecule has 1 unspecified atom stereocenters. The van der Waals surface area contributed by atoms with E-state index in [1.165, 1.54) is 25.7 Å². The first kappa shape index (κ1) is 16.1. The van der Waals surface area contributed by atoms with E-state index < -0.39 is 11.4 Å². The molecule has 21 heavy (non-hydrogen) atoms. The van der Waals surface area contributed by atoms with Crippen molar-refractivity contribution in [1.29, 1.82) is 0 Å². The highest BCUT2D eigenvalue weighted by Crippen LogP contribution is 2.39. The van der Waals surface area contributed by atoms with Crippen LogP contribution in [0.3, 0.4) is 0 Å². The molecular weight excluding hydrogens is 268 g/mol. The Morgan fingerprint density at radius 2 is 1.95 bits per heavy atom. The van der Waals surface area contributed by atoms with Crippen molar-refractivity contribution in [3.05, 3.63) is 0 Å². The van der Waals surface area contributed by atoms with Crippen molar-refractivity contribution in [2.45, 2.75) is 52.9 Å². The normalized spacial score (nSPS) is 27.1. The van der Waals surface area contributed by atoms with Gasteiger partial charge < -0.3 is 15.3 Å². The Balaban J connectivity index is 1.84. The molecule has 1 saturated heterocycles. The molecule has 5 nitrogen and oxygen atoms in total. The number of aliphatic carboxylic acids is 1. The first-order chi connectivity index (χ1) is 9.74. The third-order valence-corrected chi connectivity index (χ3v) is 5.43. The van der Waals surface area contributed by atoms with Gasteiger partial charge in [-0.25, -0.2) is 4.79 Å². The van der Waals surface area contributed by atoms with E-state index in [9.17, 15) is 14.7 Å². The fourth-order valence-electron chi connectivity index (χ4n) is 3.58. The Morgan fingerprint density at radius 3 is 2.48 bits per heavy atom. The third-order valence-electron chi connectivity index (χ3n) is 5.43. The predicted molar refractivity (Wildman–Crippen MR) is 81.1 cm³/mol. The van der Waals surface area contributed by atoms with Crippen LogP contribution in [0.5, 0.6) is 0 Å². The summed E-state index contributed by atoms with van der Waals surface area (Å²) in [5.74, 6) is -0.134. The van der Waals surface area contributed by atoms with Crippen molar-refractivity contribution in [3.63, 3.8) is 0 Å². The molecule has 0 aromatic heterocycles. The Bertz CT molecular complexity index is 416. The fraction of sp³-hybridized carbons (Fsp3) is 0.875. The second-order valence-corrected chi connectivity index (χ2v) is 7.67. The Morgan fingerprint density at radius 1 is 1.33 bits per heavy atom. The van der Waals surface area contributed by atoms with Gasteiger partial charge in [0.15, 0.2) is 0 Å². The molecule has 1 heterocycles. The van der Waals surface area contributed by atoms with Crippen LogP contribution >= 0.6 is 0 Å². The molecule has 0 aromatic carbocycles. The number of carbonyl (C=O) groups is 2. The first-order valence-electron chi connectivity index (χ1n) is 8.01. The number of hydrogen-bond acceptors (Lipinski definition) is 2. The van der Waals surface area contributed by atoms with Crippen LogP contribution in [0.25, 0.3) is 0 Å². The van der Waals surface area contributed by atoms with Crippen LogP contribution in [-0.2, 0) is 4.79 Å². The molecule has 1 saturated carbocycles. The van der Waals surface area contributed by atoms with E-state index in [-0.39, 0.29) is 11.4 Å². The maximum Gasteiger partial charge on any atom is 0.317 e. The molecule has 0 radical (unpaired) electrons. The standard InChI is InChI=1S/C16H28N2O3/c1-15(2,12-6-4-5-7-12)10-17-14(21)18-9-8-16(3,11-18)13(19)20/h12H,4-11H2,1-3H3,(H,17,21)(H,19,20). The van der Waals surface area contributed by atoms with Gasteiger partial charge in [-0.15, -0.1) is 0 Å². The number of nitrogens with zero attached hydrogens (tertiary/aromatic N) is 1. The minimum absolute atomic E-state index is 0.113. The van der Waals surface area contributed by atoms with Crippen molar-refractivity contribution >= 4 is 12.0 Å². The summed E-state index contributed by atoms with van der Waals surface area (Å²) >= 11 is 0. The Labute approximate surface area is 127 Å². The van der Waals surface area contributed by atoms with Crippen molar-refractivity contribution in [1.82, 2.24) is 10.2 Å². The molecule has 0 spiro atoms. The lowest BCUT2D eigenvalue weighted by Crippen LogP contribution is -2.45. The number of urea groups is 1. The summed E-state index contributed by atoms with van der Waals surface area (Å²) in [7, 11) is 0. The van der Waals surface area contributed by atoms with E-state index in [0.717, 1.165) is 0 Å². The molecule has 2 N–H and O–H groups in total. The van der Waals surface area contributed by atoms with Crippen LogP contribution in [0.1, 0.15) is 52.9 Å². The van der Waals surface area contributed by atoms with Crippen LogP contribution < -0.4 is 5.32 Å². The Hall–Kier alpha value is -1.26. The number of carboxylic acid groups (broad SMARTS) is 1.